The van der Waals surface area contributed by atoms with Crippen LogP contribution in [0.2, 0.25) is 0 Å². The summed E-state index contributed by atoms with van der Waals surface area (Å²) in [7, 11) is 0. The summed E-state index contributed by atoms with van der Waals surface area (Å²) in [6, 6.07) is 9.35. The Morgan fingerprint density at radius 2 is 1.92 bits per heavy atom. The molecule has 0 amide bonds. The van der Waals surface area contributed by atoms with Gasteiger partial charge in [-0.3, -0.25) is 4.79 Å². The number of hydrogen-bond donors (Lipinski definition) is 0. The molecule has 0 N–H and O–H groups in total. The molecule has 4 nitrogen and oxygen atoms in total. The van der Waals surface area contributed by atoms with Gasteiger partial charge >= 0.3 is 5.97 Å². The van der Waals surface area contributed by atoms with Crippen molar-refractivity contribution in [3.63, 3.8) is 0 Å². The molecule has 1 aliphatic carbocycles. The van der Waals surface area contributed by atoms with Gasteiger partial charge in [0.2, 0.25) is 0 Å². The van der Waals surface area contributed by atoms with Crippen molar-refractivity contribution in [3.8, 4) is 6.07 Å². The fourth-order valence-corrected chi connectivity index (χ4v) is 3.45. The Hall–Kier alpha value is -1.67. The number of ether oxygens (including phenoxy) is 1. The molecule has 1 aromatic carbocycles. The van der Waals surface area contributed by atoms with E-state index < -0.39 is 17.0 Å². The molecule has 24 heavy (non-hydrogen) atoms. The number of Topliss-reactive ketones (excluding diaryl/α,β-unsaturated/α-hetero) is 1. The number of rotatable bonds is 3. The molecule has 0 spiro atoms. The second kappa shape index (κ2) is 7.06. The second-order valence-electron chi connectivity index (χ2n) is 7.26. The van der Waals surface area contributed by atoms with Crippen molar-refractivity contribution >= 4 is 27.7 Å². The molecule has 0 aromatic heterocycles. The Bertz CT molecular complexity index is 669. The average Bonchev–Trinajstić information content (AvgIpc) is 2.48. The number of carbonyl (C=O) groups excluding carboxylic acids is 2. The predicted octanol–water partition coefficient (Wildman–Crippen LogP) is 4.31. The van der Waals surface area contributed by atoms with E-state index >= 15 is 0 Å². The van der Waals surface area contributed by atoms with Crippen LogP contribution < -0.4 is 0 Å². The van der Waals surface area contributed by atoms with E-state index in [9.17, 15) is 14.9 Å². The molecule has 0 saturated heterocycles. The normalized spacial score (nSPS) is 20.8. The maximum absolute atomic E-state index is 13.0. The summed E-state index contributed by atoms with van der Waals surface area (Å²) in [5.74, 6) is -0.828. The van der Waals surface area contributed by atoms with Crippen molar-refractivity contribution in [2.45, 2.75) is 57.5 Å². The minimum absolute atomic E-state index is 0.103. The summed E-state index contributed by atoms with van der Waals surface area (Å²) in [5, 5.41) is 10.0. The van der Waals surface area contributed by atoms with Crippen LogP contribution in [0.1, 0.15) is 52.0 Å². The van der Waals surface area contributed by atoms with Crippen molar-refractivity contribution in [2.24, 2.45) is 5.92 Å². The van der Waals surface area contributed by atoms with E-state index in [0.29, 0.717) is 24.8 Å². The Labute approximate surface area is 151 Å². The van der Waals surface area contributed by atoms with Crippen molar-refractivity contribution in [2.75, 3.05) is 0 Å². The molecule has 128 valence electrons. The topological polar surface area (TPSA) is 67.2 Å². The minimum atomic E-state index is -1.45. The Kier molecular flexibility index (Phi) is 5.49. The molecule has 1 aromatic rings. The second-order valence-corrected chi connectivity index (χ2v) is 8.18. The van der Waals surface area contributed by atoms with Crippen LogP contribution in [0.3, 0.4) is 0 Å². The van der Waals surface area contributed by atoms with Crippen molar-refractivity contribution < 1.29 is 14.3 Å². The van der Waals surface area contributed by atoms with E-state index in [2.05, 4.69) is 22.0 Å². The molecule has 0 radical (unpaired) electrons. The zero-order chi connectivity index (χ0) is 18.0. The average molecular weight is 392 g/mol. The summed E-state index contributed by atoms with van der Waals surface area (Å²) in [6.45, 7) is 5.34. The first-order valence-corrected chi connectivity index (χ1v) is 8.91. The number of benzene rings is 1. The highest BCUT2D eigenvalue weighted by molar-refractivity contribution is 9.10. The highest BCUT2D eigenvalue weighted by Gasteiger charge is 2.51. The van der Waals surface area contributed by atoms with E-state index in [1.807, 2.05) is 0 Å². The maximum atomic E-state index is 13.0. The first kappa shape index (κ1) is 18.7. The van der Waals surface area contributed by atoms with Gasteiger partial charge in [-0.25, -0.2) is 4.79 Å². The highest BCUT2D eigenvalue weighted by atomic mass is 79.9. The number of nitrogens with zero attached hydrogens (tertiary/aromatic N) is 1. The summed E-state index contributed by atoms with van der Waals surface area (Å²) in [5.41, 5.74) is -1.57. The van der Waals surface area contributed by atoms with Gasteiger partial charge in [-0.15, -0.1) is 0 Å². The van der Waals surface area contributed by atoms with Gasteiger partial charge < -0.3 is 4.74 Å². The monoisotopic (exact) mass is 391 g/mol. The predicted molar refractivity (Wildman–Crippen MR) is 94.2 cm³/mol. The molecule has 0 bridgehead atoms. The van der Waals surface area contributed by atoms with E-state index in [1.54, 1.807) is 45.0 Å². The van der Waals surface area contributed by atoms with E-state index in [1.165, 1.54) is 0 Å². The van der Waals surface area contributed by atoms with Crippen LogP contribution in [-0.2, 0) is 19.7 Å². The summed E-state index contributed by atoms with van der Waals surface area (Å²) >= 11 is 3.37. The molecular formula is C19H22BrNO3. The summed E-state index contributed by atoms with van der Waals surface area (Å²) in [6.07, 6.45) is 2.12. The number of esters is 1. The maximum Gasteiger partial charge on any atom is 0.331 e. The summed E-state index contributed by atoms with van der Waals surface area (Å²) in [4.78, 5) is 25.0. The number of carbonyl (C=O) groups is 2. The molecular weight excluding hydrogens is 370 g/mol. The molecule has 2 atom stereocenters. The van der Waals surface area contributed by atoms with Crippen molar-refractivity contribution in [3.05, 3.63) is 34.3 Å². The van der Waals surface area contributed by atoms with Crippen molar-refractivity contribution in [1.29, 1.82) is 5.26 Å². The van der Waals surface area contributed by atoms with Crippen LogP contribution >= 0.6 is 15.9 Å². The van der Waals surface area contributed by atoms with Gasteiger partial charge in [0, 0.05) is 17.3 Å². The standard InChI is InChI=1S/C19H22BrNO3/c1-18(2,3)24-17(23)19(12-21,13-7-9-15(20)10-8-13)14-5-4-6-16(22)11-14/h7-10,14H,4-6,11H2,1-3H3/t14-,19+/m1/s1. The number of nitriles is 1. The van der Waals surface area contributed by atoms with Gasteiger partial charge in [-0.05, 0) is 57.2 Å². The Morgan fingerprint density at radius 3 is 2.42 bits per heavy atom. The van der Waals surface area contributed by atoms with Crippen LogP contribution in [0.15, 0.2) is 28.7 Å². The third-order valence-electron chi connectivity index (χ3n) is 4.29. The van der Waals surface area contributed by atoms with Gasteiger partial charge in [0.15, 0.2) is 5.41 Å². The molecule has 0 heterocycles. The third kappa shape index (κ3) is 3.87. The van der Waals surface area contributed by atoms with Gasteiger partial charge in [0.25, 0.3) is 0 Å². The van der Waals surface area contributed by atoms with Gasteiger partial charge in [0.1, 0.15) is 11.4 Å². The van der Waals surface area contributed by atoms with E-state index in [0.717, 1.165) is 4.47 Å². The molecule has 1 aliphatic rings. The van der Waals surface area contributed by atoms with E-state index in [4.69, 9.17) is 4.74 Å². The van der Waals surface area contributed by atoms with Gasteiger partial charge in [0.05, 0.1) is 6.07 Å². The fourth-order valence-electron chi connectivity index (χ4n) is 3.19. The molecule has 1 saturated carbocycles. The van der Waals surface area contributed by atoms with Gasteiger partial charge in [-0.1, -0.05) is 28.1 Å². The first-order valence-electron chi connectivity index (χ1n) is 8.11. The number of ketones is 1. The largest absolute Gasteiger partial charge is 0.459 e. The van der Waals surface area contributed by atoms with Crippen LogP contribution in [0.4, 0.5) is 0 Å². The highest BCUT2D eigenvalue weighted by Crippen LogP contribution is 2.42. The minimum Gasteiger partial charge on any atom is -0.459 e. The number of halogens is 1. The quantitative estimate of drug-likeness (QED) is 0.719. The third-order valence-corrected chi connectivity index (χ3v) is 4.82. The van der Waals surface area contributed by atoms with Crippen molar-refractivity contribution in [1.82, 2.24) is 0 Å². The van der Waals surface area contributed by atoms with Gasteiger partial charge in [-0.2, -0.15) is 5.26 Å². The van der Waals surface area contributed by atoms with Crippen LogP contribution in [0.5, 0.6) is 0 Å². The van der Waals surface area contributed by atoms with Crippen LogP contribution in [0, 0.1) is 17.2 Å². The Balaban J connectivity index is 2.53. The first-order chi connectivity index (χ1) is 11.2. The molecule has 2 rings (SSSR count). The van der Waals surface area contributed by atoms with Crippen LogP contribution in [0.25, 0.3) is 0 Å². The lowest BCUT2D eigenvalue weighted by Gasteiger charge is -2.37. The lowest BCUT2D eigenvalue weighted by molar-refractivity contribution is -0.162. The number of hydrogen-bond acceptors (Lipinski definition) is 4. The zero-order valence-electron chi connectivity index (χ0n) is 14.3. The molecule has 5 heteroatoms. The lowest BCUT2D eigenvalue weighted by atomic mass is 9.65. The SMILES string of the molecule is CC(C)(C)OC(=O)[C@@](C#N)(c1ccc(Br)cc1)[C@@H]1CCCC(=O)C1. The molecule has 0 unspecified atom stereocenters. The Morgan fingerprint density at radius 1 is 1.29 bits per heavy atom. The smallest absolute Gasteiger partial charge is 0.331 e. The lowest BCUT2D eigenvalue weighted by Crippen LogP contribution is -2.47. The molecule has 0 aliphatic heterocycles. The summed E-state index contributed by atoms with van der Waals surface area (Å²) < 4.78 is 6.45. The zero-order valence-corrected chi connectivity index (χ0v) is 15.9. The molecule has 1 fully saturated rings. The van der Waals surface area contributed by atoms with Crippen LogP contribution in [-0.4, -0.2) is 17.4 Å². The van der Waals surface area contributed by atoms with E-state index in [-0.39, 0.29) is 18.1 Å². The fraction of sp³-hybridized carbons (Fsp3) is 0.526.